The van der Waals surface area contributed by atoms with Crippen LogP contribution in [-0.4, -0.2) is 21.0 Å². The molecular weight excluding hydrogens is 244 g/mol. The normalized spacial score (nSPS) is 12.0. The maximum absolute atomic E-state index is 13.4. The lowest BCUT2D eigenvalue weighted by molar-refractivity contribution is -0.143. The summed E-state index contributed by atoms with van der Waals surface area (Å²) in [5, 5.41) is 8.16. The van der Waals surface area contributed by atoms with Crippen LogP contribution in [0.1, 0.15) is 16.2 Å². The number of aromatic nitrogens is 2. The largest absolute Gasteiger partial charge is 0.477 e. The van der Waals surface area contributed by atoms with Crippen LogP contribution >= 0.6 is 0 Å². The second-order valence-corrected chi connectivity index (χ2v) is 3.23. The molecule has 0 aliphatic heterocycles. The first kappa shape index (κ1) is 11.4. The van der Waals surface area contributed by atoms with Crippen molar-refractivity contribution in [3.8, 4) is 0 Å². The molecule has 17 heavy (non-hydrogen) atoms. The van der Waals surface area contributed by atoms with Crippen molar-refractivity contribution < 1.29 is 27.5 Å². The summed E-state index contributed by atoms with van der Waals surface area (Å²) in [5.41, 5.74) is -2.17. The topological polar surface area (TPSA) is 66.0 Å². The Morgan fingerprint density at radius 2 is 2.06 bits per heavy atom. The van der Waals surface area contributed by atoms with Gasteiger partial charge in [-0.15, -0.1) is 0 Å². The van der Waals surface area contributed by atoms with E-state index in [0.717, 1.165) is 12.3 Å². The van der Waals surface area contributed by atoms with Gasteiger partial charge in [-0.3, -0.25) is 0 Å². The van der Waals surface area contributed by atoms with Gasteiger partial charge in [0, 0.05) is 5.39 Å². The van der Waals surface area contributed by atoms with E-state index >= 15 is 0 Å². The first-order chi connectivity index (χ1) is 7.80. The molecule has 0 saturated carbocycles. The van der Waals surface area contributed by atoms with Crippen molar-refractivity contribution in [3.63, 3.8) is 0 Å². The number of H-pyrrole nitrogens is 1. The minimum Gasteiger partial charge on any atom is -0.477 e. The smallest absolute Gasteiger partial charge is 0.436 e. The highest BCUT2D eigenvalue weighted by Gasteiger charge is 2.37. The highest BCUT2D eigenvalue weighted by atomic mass is 19.4. The van der Waals surface area contributed by atoms with Gasteiger partial charge in [-0.05, 0) is 6.07 Å². The fraction of sp³-hybridized carbons (Fsp3) is 0.111. The van der Waals surface area contributed by atoms with Gasteiger partial charge >= 0.3 is 12.1 Å². The zero-order valence-electron chi connectivity index (χ0n) is 7.97. The molecule has 0 bridgehead atoms. The number of rotatable bonds is 1. The molecule has 0 aliphatic carbocycles. The Balaban J connectivity index is 2.71. The Morgan fingerprint density at radius 3 is 2.59 bits per heavy atom. The summed E-state index contributed by atoms with van der Waals surface area (Å²) in [7, 11) is 0. The quantitative estimate of drug-likeness (QED) is 0.761. The molecule has 90 valence electrons. The number of hydrogen-bond donors (Lipinski definition) is 2. The Kier molecular flexibility index (Phi) is 2.30. The van der Waals surface area contributed by atoms with Gasteiger partial charge in [0.1, 0.15) is 5.69 Å². The SMILES string of the molecule is O=C(O)c1cc2c(F)c(C(F)(F)F)ncc2[nH]1. The third-order valence-electron chi connectivity index (χ3n) is 2.11. The molecule has 4 nitrogen and oxygen atoms in total. The van der Waals surface area contributed by atoms with Crippen LogP contribution in [0.5, 0.6) is 0 Å². The fourth-order valence-electron chi connectivity index (χ4n) is 1.38. The number of carboxylic acids is 1. The van der Waals surface area contributed by atoms with E-state index in [-0.39, 0.29) is 5.52 Å². The predicted molar refractivity (Wildman–Crippen MR) is 48.0 cm³/mol. The molecule has 2 N–H and O–H groups in total. The van der Waals surface area contributed by atoms with Crippen molar-refractivity contribution in [2.75, 3.05) is 0 Å². The van der Waals surface area contributed by atoms with Gasteiger partial charge in [-0.1, -0.05) is 0 Å². The van der Waals surface area contributed by atoms with E-state index in [4.69, 9.17) is 5.11 Å². The van der Waals surface area contributed by atoms with E-state index in [2.05, 4.69) is 9.97 Å². The number of halogens is 4. The van der Waals surface area contributed by atoms with Crippen LogP contribution in [0, 0.1) is 5.82 Å². The Morgan fingerprint density at radius 1 is 1.41 bits per heavy atom. The second kappa shape index (κ2) is 3.44. The summed E-state index contributed by atoms with van der Waals surface area (Å²) in [6, 6.07) is 0.796. The van der Waals surface area contributed by atoms with Crippen LogP contribution < -0.4 is 0 Å². The van der Waals surface area contributed by atoms with E-state index in [1.54, 1.807) is 0 Å². The van der Waals surface area contributed by atoms with Crippen LogP contribution in [0.15, 0.2) is 12.3 Å². The number of carbonyl (C=O) groups is 1. The van der Waals surface area contributed by atoms with Crippen molar-refractivity contribution in [1.82, 2.24) is 9.97 Å². The predicted octanol–water partition coefficient (Wildman–Crippen LogP) is 2.42. The highest BCUT2D eigenvalue weighted by molar-refractivity contribution is 5.93. The molecular formula is C9H4F4N2O2. The number of nitrogens with zero attached hydrogens (tertiary/aromatic N) is 1. The average Bonchev–Trinajstić information content (AvgIpc) is 2.60. The molecule has 2 heterocycles. The second-order valence-electron chi connectivity index (χ2n) is 3.23. The van der Waals surface area contributed by atoms with Gasteiger partial charge in [-0.2, -0.15) is 13.2 Å². The molecule has 0 aromatic carbocycles. The third-order valence-corrected chi connectivity index (χ3v) is 2.11. The lowest BCUT2D eigenvalue weighted by atomic mass is 10.2. The zero-order valence-corrected chi connectivity index (χ0v) is 7.97. The highest BCUT2D eigenvalue weighted by Crippen LogP contribution is 2.32. The van der Waals surface area contributed by atoms with Crippen molar-refractivity contribution in [3.05, 3.63) is 29.5 Å². The van der Waals surface area contributed by atoms with Gasteiger partial charge in [0.25, 0.3) is 0 Å². The molecule has 8 heteroatoms. The summed E-state index contributed by atoms with van der Waals surface area (Å²) >= 11 is 0. The van der Waals surface area contributed by atoms with Crippen LogP contribution in [0.4, 0.5) is 17.6 Å². The Hall–Kier alpha value is -2.12. The van der Waals surface area contributed by atoms with Crippen LogP contribution in [0.25, 0.3) is 10.9 Å². The summed E-state index contributed by atoms with van der Waals surface area (Å²) < 4.78 is 50.4. The molecule has 0 amide bonds. The number of aromatic carboxylic acids is 1. The molecule has 0 atom stereocenters. The Bertz CT molecular complexity index is 603. The summed E-state index contributed by atoms with van der Waals surface area (Å²) in [5.74, 6) is -2.98. The fourth-order valence-corrected chi connectivity index (χ4v) is 1.38. The van der Waals surface area contributed by atoms with Gasteiger partial charge in [0.15, 0.2) is 11.5 Å². The minimum absolute atomic E-state index is 0.104. The standard InChI is InChI=1S/C9H4F4N2O2/c10-6-3-1-4(8(16)17)15-5(3)2-14-7(6)9(11,12)13/h1-2,15H,(H,16,17). The summed E-state index contributed by atoms with van der Waals surface area (Å²) in [4.78, 5) is 15.7. The summed E-state index contributed by atoms with van der Waals surface area (Å²) in [6.45, 7) is 0. The lowest BCUT2D eigenvalue weighted by Gasteiger charge is -2.06. The number of pyridine rings is 1. The monoisotopic (exact) mass is 248 g/mol. The first-order valence-corrected chi connectivity index (χ1v) is 4.28. The van der Waals surface area contributed by atoms with Crippen molar-refractivity contribution in [2.24, 2.45) is 0 Å². The van der Waals surface area contributed by atoms with Crippen LogP contribution in [-0.2, 0) is 6.18 Å². The molecule has 0 spiro atoms. The van der Waals surface area contributed by atoms with Gasteiger partial charge in [-0.25, -0.2) is 14.2 Å². The van der Waals surface area contributed by atoms with E-state index in [0.29, 0.717) is 0 Å². The van der Waals surface area contributed by atoms with Gasteiger partial charge in [0.2, 0.25) is 0 Å². The maximum Gasteiger partial charge on any atom is 0.436 e. The van der Waals surface area contributed by atoms with Crippen LogP contribution in [0.3, 0.4) is 0 Å². The van der Waals surface area contributed by atoms with Crippen molar-refractivity contribution in [2.45, 2.75) is 6.18 Å². The van der Waals surface area contributed by atoms with Crippen molar-refractivity contribution >= 4 is 16.9 Å². The van der Waals surface area contributed by atoms with E-state index < -0.39 is 34.7 Å². The minimum atomic E-state index is -4.92. The van der Waals surface area contributed by atoms with Gasteiger partial charge in [0.05, 0.1) is 11.7 Å². The maximum atomic E-state index is 13.4. The number of alkyl halides is 3. The molecule has 0 fully saturated rings. The van der Waals surface area contributed by atoms with Gasteiger partial charge < -0.3 is 10.1 Å². The van der Waals surface area contributed by atoms with E-state index in [1.807, 2.05) is 0 Å². The number of fused-ring (bicyclic) bond motifs is 1. The Labute approximate surface area is 90.9 Å². The van der Waals surface area contributed by atoms with E-state index in [1.165, 1.54) is 0 Å². The van der Waals surface area contributed by atoms with Crippen molar-refractivity contribution in [1.29, 1.82) is 0 Å². The number of aromatic amines is 1. The molecule has 0 aliphatic rings. The first-order valence-electron chi connectivity index (χ1n) is 4.28. The molecule has 2 rings (SSSR count). The average molecular weight is 248 g/mol. The summed E-state index contributed by atoms with van der Waals surface area (Å²) in [6.07, 6.45) is -4.17. The lowest BCUT2D eigenvalue weighted by Crippen LogP contribution is -2.10. The molecule has 0 radical (unpaired) electrons. The zero-order chi connectivity index (χ0) is 12.8. The third kappa shape index (κ3) is 1.81. The van der Waals surface area contributed by atoms with Crippen LogP contribution in [0.2, 0.25) is 0 Å². The molecule has 0 unspecified atom stereocenters. The molecule has 2 aromatic rings. The molecule has 2 aromatic heterocycles. The number of carboxylic acid groups (broad SMARTS) is 1. The van der Waals surface area contributed by atoms with E-state index in [9.17, 15) is 22.4 Å². The number of hydrogen-bond acceptors (Lipinski definition) is 2. The molecule has 0 saturated heterocycles. The number of nitrogens with one attached hydrogen (secondary N) is 1.